The van der Waals surface area contributed by atoms with Crippen LogP contribution in [-0.2, 0) is 4.79 Å². The fourth-order valence-corrected chi connectivity index (χ4v) is 2.29. The van der Waals surface area contributed by atoms with Gasteiger partial charge in [0.1, 0.15) is 5.75 Å². The summed E-state index contributed by atoms with van der Waals surface area (Å²) >= 11 is 7.40. The number of thioether (sulfide) groups is 1. The minimum Gasteiger partial charge on any atom is -0.495 e. The fourth-order valence-electron chi connectivity index (χ4n) is 1.47. The summed E-state index contributed by atoms with van der Waals surface area (Å²) in [4.78, 5) is 12.0. The van der Waals surface area contributed by atoms with E-state index in [0.29, 0.717) is 22.2 Å². The Balaban J connectivity index is 2.81. The molecule has 1 amide bonds. The number of hydrogen-bond donors (Lipinski definition) is 2. The molecule has 1 aromatic rings. The summed E-state index contributed by atoms with van der Waals surface area (Å²) in [6, 6.07) is 3.46. The van der Waals surface area contributed by atoms with Crippen molar-refractivity contribution in [2.75, 3.05) is 24.8 Å². The quantitative estimate of drug-likeness (QED) is 0.848. The maximum atomic E-state index is 12.0. The van der Waals surface area contributed by atoms with Crippen LogP contribution in [0.15, 0.2) is 12.1 Å². The van der Waals surface area contributed by atoms with Gasteiger partial charge in [0.25, 0.3) is 0 Å². The second kappa shape index (κ2) is 7.62. The third-order valence-corrected chi connectivity index (χ3v) is 4.11. The first-order chi connectivity index (χ1) is 8.99. The van der Waals surface area contributed by atoms with Gasteiger partial charge in [-0.2, -0.15) is 0 Å². The molecule has 19 heavy (non-hydrogen) atoms. The van der Waals surface area contributed by atoms with E-state index in [-0.39, 0.29) is 17.8 Å². The highest BCUT2D eigenvalue weighted by Gasteiger charge is 2.16. The molecule has 0 aliphatic rings. The molecule has 0 spiro atoms. The zero-order valence-corrected chi connectivity index (χ0v) is 12.8. The SMILES string of the molecule is COc1cc(Cl)c(C)cc1NC(=O)[C@H](C)SCCO. The van der Waals surface area contributed by atoms with Crippen LogP contribution < -0.4 is 10.1 Å². The maximum Gasteiger partial charge on any atom is 0.237 e. The van der Waals surface area contributed by atoms with Crippen molar-refractivity contribution in [3.05, 3.63) is 22.7 Å². The van der Waals surface area contributed by atoms with Gasteiger partial charge in [-0.3, -0.25) is 4.79 Å². The Kier molecular flexibility index (Phi) is 6.48. The summed E-state index contributed by atoms with van der Waals surface area (Å²) < 4.78 is 5.20. The molecule has 0 heterocycles. The maximum absolute atomic E-state index is 12.0. The van der Waals surface area contributed by atoms with Crippen molar-refractivity contribution in [3.63, 3.8) is 0 Å². The van der Waals surface area contributed by atoms with Gasteiger partial charge in [-0.05, 0) is 25.5 Å². The highest BCUT2D eigenvalue weighted by atomic mass is 35.5. The van der Waals surface area contributed by atoms with Gasteiger partial charge >= 0.3 is 0 Å². The van der Waals surface area contributed by atoms with E-state index in [1.165, 1.54) is 18.9 Å². The lowest BCUT2D eigenvalue weighted by atomic mass is 10.2. The Morgan fingerprint density at radius 3 is 2.84 bits per heavy atom. The normalized spacial score (nSPS) is 12.1. The third-order valence-electron chi connectivity index (χ3n) is 2.57. The van der Waals surface area contributed by atoms with Gasteiger partial charge in [-0.25, -0.2) is 0 Å². The van der Waals surface area contributed by atoms with E-state index in [2.05, 4.69) is 5.32 Å². The molecule has 1 aromatic carbocycles. The molecule has 1 rings (SSSR count). The van der Waals surface area contributed by atoms with Crippen LogP contribution in [0.5, 0.6) is 5.75 Å². The molecular weight excluding hydrogens is 286 g/mol. The summed E-state index contributed by atoms with van der Waals surface area (Å²) in [5.41, 5.74) is 1.47. The number of amides is 1. The van der Waals surface area contributed by atoms with Crippen LogP contribution in [0.2, 0.25) is 5.02 Å². The predicted molar refractivity (Wildman–Crippen MR) is 80.4 cm³/mol. The Labute approximate surface area is 122 Å². The molecule has 6 heteroatoms. The predicted octanol–water partition coefficient (Wildman–Crippen LogP) is 2.71. The standard InChI is InChI=1S/C13H18ClNO3S/c1-8-6-11(12(18-3)7-10(8)14)15-13(17)9(2)19-5-4-16/h6-7,9,16H,4-5H2,1-3H3,(H,15,17)/t9-/m0/s1. The van der Waals surface area contributed by atoms with Crippen molar-refractivity contribution in [2.24, 2.45) is 0 Å². The van der Waals surface area contributed by atoms with E-state index in [1.807, 2.05) is 6.92 Å². The minimum atomic E-state index is -0.243. The molecule has 0 saturated heterocycles. The minimum absolute atomic E-state index is 0.0612. The number of benzene rings is 1. The number of rotatable bonds is 6. The van der Waals surface area contributed by atoms with Gasteiger partial charge in [-0.1, -0.05) is 11.6 Å². The van der Waals surface area contributed by atoms with Gasteiger partial charge in [0, 0.05) is 16.8 Å². The van der Waals surface area contributed by atoms with Gasteiger partial charge in [0.2, 0.25) is 5.91 Å². The van der Waals surface area contributed by atoms with Gasteiger partial charge in [0.15, 0.2) is 0 Å². The zero-order valence-electron chi connectivity index (χ0n) is 11.2. The number of ether oxygens (including phenoxy) is 1. The first-order valence-corrected chi connectivity index (χ1v) is 7.29. The second-order valence-corrected chi connectivity index (χ2v) is 5.88. The summed E-state index contributed by atoms with van der Waals surface area (Å²) in [5.74, 6) is 0.938. The van der Waals surface area contributed by atoms with Crippen LogP contribution in [0.25, 0.3) is 0 Å². The summed E-state index contributed by atoms with van der Waals surface area (Å²) in [7, 11) is 1.53. The highest BCUT2D eigenvalue weighted by molar-refractivity contribution is 8.00. The number of hydrogen-bond acceptors (Lipinski definition) is 4. The van der Waals surface area contributed by atoms with Gasteiger partial charge in [-0.15, -0.1) is 11.8 Å². The van der Waals surface area contributed by atoms with Crippen molar-refractivity contribution in [1.29, 1.82) is 0 Å². The fraction of sp³-hybridized carbons (Fsp3) is 0.462. The number of halogens is 1. The molecule has 2 N–H and O–H groups in total. The van der Waals surface area contributed by atoms with E-state index >= 15 is 0 Å². The van der Waals surface area contributed by atoms with Crippen LogP contribution >= 0.6 is 23.4 Å². The van der Waals surface area contributed by atoms with E-state index in [1.54, 1.807) is 19.1 Å². The molecule has 0 aliphatic heterocycles. The number of aryl methyl sites for hydroxylation is 1. The van der Waals surface area contributed by atoms with Crippen molar-refractivity contribution in [2.45, 2.75) is 19.1 Å². The smallest absolute Gasteiger partial charge is 0.237 e. The van der Waals surface area contributed by atoms with E-state index in [9.17, 15) is 4.79 Å². The zero-order chi connectivity index (χ0) is 14.4. The van der Waals surface area contributed by atoms with Crippen molar-refractivity contribution in [3.8, 4) is 5.75 Å². The molecule has 0 unspecified atom stereocenters. The molecule has 0 saturated carbocycles. The number of carbonyl (C=O) groups is 1. The third kappa shape index (κ3) is 4.60. The molecule has 0 radical (unpaired) electrons. The summed E-state index contributed by atoms with van der Waals surface area (Å²) in [5, 5.41) is 11.9. The van der Waals surface area contributed by atoms with Crippen molar-refractivity contribution >= 4 is 35.0 Å². The van der Waals surface area contributed by atoms with E-state index in [4.69, 9.17) is 21.4 Å². The number of aliphatic hydroxyl groups is 1. The monoisotopic (exact) mass is 303 g/mol. The average molecular weight is 304 g/mol. The molecule has 0 aromatic heterocycles. The Morgan fingerprint density at radius 2 is 2.26 bits per heavy atom. The Hall–Kier alpha value is -0.910. The average Bonchev–Trinajstić information content (AvgIpc) is 2.39. The van der Waals surface area contributed by atoms with Crippen molar-refractivity contribution in [1.82, 2.24) is 0 Å². The molecule has 0 bridgehead atoms. The largest absolute Gasteiger partial charge is 0.495 e. The lowest BCUT2D eigenvalue weighted by Gasteiger charge is -2.15. The molecular formula is C13H18ClNO3S. The van der Waals surface area contributed by atoms with Crippen LogP contribution in [0.1, 0.15) is 12.5 Å². The molecule has 106 valence electrons. The number of nitrogens with one attached hydrogen (secondary N) is 1. The first kappa shape index (κ1) is 16.1. The topological polar surface area (TPSA) is 58.6 Å². The summed E-state index contributed by atoms with van der Waals surface area (Å²) in [6.45, 7) is 3.72. The molecule has 0 aliphatic carbocycles. The Morgan fingerprint density at radius 1 is 1.58 bits per heavy atom. The molecule has 4 nitrogen and oxygen atoms in total. The van der Waals surface area contributed by atoms with Crippen LogP contribution in [-0.4, -0.2) is 35.7 Å². The Bertz CT molecular complexity index is 454. The van der Waals surface area contributed by atoms with E-state index < -0.39 is 0 Å². The van der Waals surface area contributed by atoms with Gasteiger partial charge in [0.05, 0.1) is 24.7 Å². The van der Waals surface area contributed by atoms with E-state index in [0.717, 1.165) is 5.56 Å². The van der Waals surface area contributed by atoms with Crippen LogP contribution in [0, 0.1) is 6.92 Å². The highest BCUT2D eigenvalue weighted by Crippen LogP contribution is 2.31. The second-order valence-electron chi connectivity index (χ2n) is 4.03. The van der Waals surface area contributed by atoms with Crippen LogP contribution in [0.4, 0.5) is 5.69 Å². The summed E-state index contributed by atoms with van der Waals surface area (Å²) in [6.07, 6.45) is 0. The molecule has 1 atom stereocenters. The lowest BCUT2D eigenvalue weighted by Crippen LogP contribution is -2.23. The van der Waals surface area contributed by atoms with Crippen molar-refractivity contribution < 1.29 is 14.6 Å². The number of carbonyl (C=O) groups excluding carboxylic acids is 1. The van der Waals surface area contributed by atoms with Crippen LogP contribution in [0.3, 0.4) is 0 Å². The van der Waals surface area contributed by atoms with Gasteiger partial charge < -0.3 is 15.2 Å². The lowest BCUT2D eigenvalue weighted by molar-refractivity contribution is -0.115. The number of methoxy groups -OCH3 is 1. The molecule has 0 fully saturated rings. The number of aliphatic hydroxyl groups excluding tert-OH is 1. The first-order valence-electron chi connectivity index (χ1n) is 5.87. The number of anilines is 1.